The van der Waals surface area contributed by atoms with Crippen LogP contribution in [0.4, 0.5) is 11.5 Å². The first-order valence-electron chi connectivity index (χ1n) is 6.85. The highest BCUT2D eigenvalue weighted by Crippen LogP contribution is 2.12. The van der Waals surface area contributed by atoms with Gasteiger partial charge in [0.2, 0.25) is 0 Å². The van der Waals surface area contributed by atoms with E-state index in [9.17, 15) is 4.79 Å². The van der Waals surface area contributed by atoms with Gasteiger partial charge in [-0.25, -0.2) is 4.98 Å². The molecule has 0 amide bonds. The summed E-state index contributed by atoms with van der Waals surface area (Å²) < 4.78 is 4.87. The minimum atomic E-state index is -0.135. The minimum absolute atomic E-state index is 0.135. The highest BCUT2D eigenvalue weighted by Gasteiger charge is 2.01. The van der Waals surface area contributed by atoms with Crippen LogP contribution in [0.15, 0.2) is 18.3 Å². The zero-order valence-corrected chi connectivity index (χ0v) is 11.7. The van der Waals surface area contributed by atoms with Crippen molar-refractivity contribution in [3.63, 3.8) is 0 Å². The van der Waals surface area contributed by atoms with Crippen molar-refractivity contribution in [2.75, 3.05) is 30.3 Å². The fraction of sp³-hybridized carbons (Fsp3) is 0.571. The molecule has 0 aliphatic carbocycles. The van der Waals surface area contributed by atoms with Crippen molar-refractivity contribution >= 4 is 17.5 Å². The summed E-state index contributed by atoms with van der Waals surface area (Å²) in [5.74, 6) is 0.738. The van der Waals surface area contributed by atoms with E-state index in [1.807, 2.05) is 19.1 Å². The van der Waals surface area contributed by atoms with Gasteiger partial charge in [0.05, 0.1) is 6.61 Å². The molecule has 1 aromatic heterocycles. The van der Waals surface area contributed by atoms with E-state index in [1.165, 1.54) is 0 Å². The fourth-order valence-electron chi connectivity index (χ4n) is 1.59. The summed E-state index contributed by atoms with van der Waals surface area (Å²) in [6.45, 7) is 6.04. The third-order valence-electron chi connectivity index (χ3n) is 2.51. The van der Waals surface area contributed by atoms with Crippen LogP contribution in [0.1, 0.15) is 33.1 Å². The molecule has 0 bridgehead atoms. The van der Waals surface area contributed by atoms with Crippen LogP contribution < -0.4 is 10.6 Å². The van der Waals surface area contributed by atoms with Gasteiger partial charge >= 0.3 is 5.97 Å². The summed E-state index contributed by atoms with van der Waals surface area (Å²) >= 11 is 0. The van der Waals surface area contributed by atoms with Gasteiger partial charge in [-0.3, -0.25) is 4.79 Å². The maximum atomic E-state index is 11.2. The van der Waals surface area contributed by atoms with Gasteiger partial charge in [0.1, 0.15) is 5.82 Å². The number of ether oxygens (including phenoxy) is 1. The highest BCUT2D eigenvalue weighted by atomic mass is 16.5. The highest BCUT2D eigenvalue weighted by molar-refractivity contribution is 5.69. The van der Waals surface area contributed by atoms with Crippen LogP contribution in [0.3, 0.4) is 0 Å². The molecule has 0 aliphatic heterocycles. The summed E-state index contributed by atoms with van der Waals surface area (Å²) in [5.41, 5.74) is 1.01. The second-order valence-corrected chi connectivity index (χ2v) is 4.19. The summed E-state index contributed by atoms with van der Waals surface area (Å²) in [5, 5.41) is 6.51. The van der Waals surface area contributed by atoms with Gasteiger partial charge in [-0.15, -0.1) is 0 Å². The number of pyridine rings is 1. The molecule has 0 aromatic carbocycles. The van der Waals surface area contributed by atoms with E-state index in [0.29, 0.717) is 13.0 Å². The van der Waals surface area contributed by atoms with Gasteiger partial charge in [-0.05, 0) is 25.8 Å². The molecule has 2 N–H and O–H groups in total. The van der Waals surface area contributed by atoms with Crippen LogP contribution in [-0.2, 0) is 9.53 Å². The van der Waals surface area contributed by atoms with Crippen molar-refractivity contribution in [2.24, 2.45) is 0 Å². The zero-order valence-electron chi connectivity index (χ0n) is 11.7. The Morgan fingerprint density at radius 2 is 2.16 bits per heavy atom. The van der Waals surface area contributed by atoms with Gasteiger partial charge in [-0.2, -0.15) is 0 Å². The molecule has 1 rings (SSSR count). The quantitative estimate of drug-likeness (QED) is 0.531. The van der Waals surface area contributed by atoms with E-state index in [-0.39, 0.29) is 5.97 Å². The molecule has 5 nitrogen and oxygen atoms in total. The second kappa shape index (κ2) is 9.19. The van der Waals surface area contributed by atoms with Crippen LogP contribution in [-0.4, -0.2) is 30.6 Å². The summed E-state index contributed by atoms with van der Waals surface area (Å²) in [6, 6.07) is 3.89. The van der Waals surface area contributed by atoms with Gasteiger partial charge < -0.3 is 15.4 Å². The van der Waals surface area contributed by atoms with Crippen LogP contribution >= 0.6 is 0 Å². The molecule has 0 saturated heterocycles. The minimum Gasteiger partial charge on any atom is -0.466 e. The Hall–Kier alpha value is -1.78. The maximum absolute atomic E-state index is 11.2. The molecule has 0 spiro atoms. The lowest BCUT2D eigenvalue weighted by molar-refractivity contribution is -0.143. The molecule has 0 radical (unpaired) electrons. The average molecular weight is 265 g/mol. The lowest BCUT2D eigenvalue weighted by atomic mass is 10.3. The standard InChI is InChI=1S/C14H23N3O2/c1-3-8-16-13-11-12(7-10-17-13)15-9-5-6-14(18)19-4-2/h7,10-11H,3-6,8-9H2,1-2H3,(H2,15,16,17). The number of nitrogens with zero attached hydrogens (tertiary/aromatic N) is 1. The Balaban J connectivity index is 2.27. The fourth-order valence-corrected chi connectivity index (χ4v) is 1.59. The molecule has 0 fully saturated rings. The molecular weight excluding hydrogens is 242 g/mol. The number of aromatic nitrogens is 1. The Labute approximate surface area is 114 Å². The number of hydrogen-bond donors (Lipinski definition) is 2. The van der Waals surface area contributed by atoms with Crippen LogP contribution in [0.5, 0.6) is 0 Å². The topological polar surface area (TPSA) is 63.2 Å². The normalized spacial score (nSPS) is 10.0. The predicted molar refractivity (Wildman–Crippen MR) is 77.4 cm³/mol. The molecule has 0 unspecified atom stereocenters. The monoisotopic (exact) mass is 265 g/mol. The smallest absolute Gasteiger partial charge is 0.305 e. The lowest BCUT2D eigenvalue weighted by Crippen LogP contribution is -2.08. The van der Waals surface area contributed by atoms with E-state index in [2.05, 4.69) is 22.5 Å². The first-order valence-corrected chi connectivity index (χ1v) is 6.85. The third kappa shape index (κ3) is 6.64. The molecule has 0 atom stereocenters. The van der Waals surface area contributed by atoms with Crippen LogP contribution in [0, 0.1) is 0 Å². The van der Waals surface area contributed by atoms with E-state index < -0.39 is 0 Å². The van der Waals surface area contributed by atoms with Gasteiger partial charge in [0.15, 0.2) is 0 Å². The molecule has 1 aromatic rings. The molecule has 1 heterocycles. The summed E-state index contributed by atoms with van der Waals surface area (Å²) in [6.07, 6.45) is 4.05. The van der Waals surface area contributed by atoms with Crippen molar-refractivity contribution in [1.29, 1.82) is 0 Å². The largest absolute Gasteiger partial charge is 0.466 e. The molecule has 0 aliphatic rings. The third-order valence-corrected chi connectivity index (χ3v) is 2.51. The summed E-state index contributed by atoms with van der Waals surface area (Å²) in [4.78, 5) is 15.4. The van der Waals surface area contributed by atoms with Crippen molar-refractivity contribution in [3.8, 4) is 0 Å². The Morgan fingerprint density at radius 1 is 1.32 bits per heavy atom. The first-order chi connectivity index (χ1) is 9.26. The molecule has 19 heavy (non-hydrogen) atoms. The SMILES string of the molecule is CCCNc1cc(NCCCC(=O)OCC)ccn1. The molecule has 5 heteroatoms. The van der Waals surface area contributed by atoms with Gasteiger partial charge in [0, 0.05) is 37.5 Å². The van der Waals surface area contributed by atoms with Gasteiger partial charge in [0.25, 0.3) is 0 Å². The zero-order chi connectivity index (χ0) is 13.9. The number of carbonyl (C=O) groups excluding carboxylic acids is 1. The number of rotatable bonds is 9. The summed E-state index contributed by atoms with van der Waals surface area (Å²) in [7, 11) is 0. The Morgan fingerprint density at radius 3 is 2.89 bits per heavy atom. The van der Waals surface area contributed by atoms with Crippen LogP contribution in [0.25, 0.3) is 0 Å². The van der Waals surface area contributed by atoms with Crippen molar-refractivity contribution in [2.45, 2.75) is 33.1 Å². The van der Waals surface area contributed by atoms with E-state index in [1.54, 1.807) is 6.20 Å². The Kier molecular flexibility index (Phi) is 7.39. The number of nitrogens with one attached hydrogen (secondary N) is 2. The first kappa shape index (κ1) is 15.3. The molecule has 106 valence electrons. The van der Waals surface area contributed by atoms with Crippen molar-refractivity contribution in [3.05, 3.63) is 18.3 Å². The predicted octanol–water partition coefficient (Wildman–Crippen LogP) is 2.66. The molecule has 0 saturated carbocycles. The van der Waals surface area contributed by atoms with Gasteiger partial charge in [-0.1, -0.05) is 6.92 Å². The van der Waals surface area contributed by atoms with E-state index >= 15 is 0 Å². The Bertz CT molecular complexity index is 383. The lowest BCUT2D eigenvalue weighted by Gasteiger charge is -2.08. The average Bonchev–Trinajstić information content (AvgIpc) is 2.42. The maximum Gasteiger partial charge on any atom is 0.305 e. The number of anilines is 2. The van der Waals surface area contributed by atoms with Crippen molar-refractivity contribution in [1.82, 2.24) is 4.98 Å². The van der Waals surface area contributed by atoms with E-state index in [0.717, 1.165) is 37.4 Å². The number of hydrogen-bond acceptors (Lipinski definition) is 5. The molecular formula is C14H23N3O2. The van der Waals surface area contributed by atoms with Crippen LogP contribution in [0.2, 0.25) is 0 Å². The van der Waals surface area contributed by atoms with E-state index in [4.69, 9.17) is 4.74 Å². The second-order valence-electron chi connectivity index (χ2n) is 4.19. The van der Waals surface area contributed by atoms with Crippen molar-refractivity contribution < 1.29 is 9.53 Å². The number of esters is 1. The number of carbonyl (C=O) groups is 1.